The van der Waals surface area contributed by atoms with Crippen LogP contribution in [0.15, 0.2) is 24.4 Å². The molecule has 0 amide bonds. The highest BCUT2D eigenvalue weighted by Crippen LogP contribution is 2.13. The predicted molar refractivity (Wildman–Crippen MR) is 61.4 cm³/mol. The third-order valence-corrected chi connectivity index (χ3v) is 2.47. The van der Waals surface area contributed by atoms with Crippen LogP contribution in [0.25, 0.3) is 5.69 Å². The molecule has 0 radical (unpaired) electrons. The number of hydrogen-bond donors (Lipinski definition) is 1. The fourth-order valence-electron chi connectivity index (χ4n) is 1.55. The number of aryl methyl sites for hydroxylation is 1. The molecule has 0 fully saturated rings. The van der Waals surface area contributed by atoms with E-state index in [9.17, 15) is 9.50 Å². The summed E-state index contributed by atoms with van der Waals surface area (Å²) in [5, 5.41) is 17.0. The molecule has 90 valence electrons. The number of aliphatic hydroxyl groups excluding tert-OH is 1. The first-order chi connectivity index (χ1) is 8.06. The highest BCUT2D eigenvalue weighted by molar-refractivity contribution is 5.34. The predicted octanol–water partition coefficient (Wildman–Crippen LogP) is 1.64. The van der Waals surface area contributed by atoms with E-state index in [1.165, 1.54) is 10.7 Å². The first-order valence-electron chi connectivity index (χ1n) is 5.42. The largest absolute Gasteiger partial charge is 0.393 e. The molecule has 1 unspecified atom stereocenters. The molecule has 5 heteroatoms. The minimum absolute atomic E-state index is 0.268. The number of aromatic nitrogens is 3. The molecule has 1 aromatic heterocycles. The number of aliphatic hydroxyl groups is 1. The number of nitrogens with zero attached hydrogens (tertiary/aromatic N) is 3. The summed E-state index contributed by atoms with van der Waals surface area (Å²) in [6.45, 7) is 3.39. The number of benzene rings is 1. The number of hydrogen-bond acceptors (Lipinski definition) is 3. The Hall–Kier alpha value is -1.75. The summed E-state index contributed by atoms with van der Waals surface area (Å²) in [5.74, 6) is -0.268. The standard InChI is InChI=1S/C12H14FN3O/c1-8-3-4-11(6-12(8)13)16-7-10(14-15-16)5-9(2)17/h3-4,6-7,9,17H,5H2,1-2H3. The van der Waals surface area contributed by atoms with Gasteiger partial charge in [0, 0.05) is 6.42 Å². The minimum atomic E-state index is -0.463. The van der Waals surface area contributed by atoms with E-state index in [1.807, 2.05) is 0 Å². The summed E-state index contributed by atoms with van der Waals surface area (Å²) < 4.78 is 14.9. The molecule has 0 spiro atoms. The quantitative estimate of drug-likeness (QED) is 0.879. The van der Waals surface area contributed by atoms with Crippen LogP contribution in [0.3, 0.4) is 0 Å². The van der Waals surface area contributed by atoms with Gasteiger partial charge in [-0.2, -0.15) is 0 Å². The van der Waals surface area contributed by atoms with Gasteiger partial charge in [-0.1, -0.05) is 11.3 Å². The highest BCUT2D eigenvalue weighted by Gasteiger charge is 2.07. The van der Waals surface area contributed by atoms with E-state index in [2.05, 4.69) is 10.3 Å². The van der Waals surface area contributed by atoms with Gasteiger partial charge in [-0.05, 0) is 31.5 Å². The third kappa shape index (κ3) is 2.68. The van der Waals surface area contributed by atoms with Gasteiger partial charge in [0.25, 0.3) is 0 Å². The van der Waals surface area contributed by atoms with Crippen LogP contribution in [-0.4, -0.2) is 26.2 Å². The second kappa shape index (κ2) is 4.63. The first-order valence-corrected chi connectivity index (χ1v) is 5.42. The monoisotopic (exact) mass is 235 g/mol. The van der Waals surface area contributed by atoms with Gasteiger partial charge in [-0.15, -0.1) is 5.10 Å². The smallest absolute Gasteiger partial charge is 0.128 e. The van der Waals surface area contributed by atoms with Gasteiger partial charge in [-0.25, -0.2) is 9.07 Å². The Balaban J connectivity index is 2.27. The molecule has 17 heavy (non-hydrogen) atoms. The van der Waals surface area contributed by atoms with Gasteiger partial charge >= 0.3 is 0 Å². The van der Waals surface area contributed by atoms with Crippen molar-refractivity contribution in [1.29, 1.82) is 0 Å². The van der Waals surface area contributed by atoms with E-state index in [4.69, 9.17) is 0 Å². The maximum atomic E-state index is 13.4. The Morgan fingerprint density at radius 2 is 2.24 bits per heavy atom. The first kappa shape index (κ1) is 11.7. The fraction of sp³-hybridized carbons (Fsp3) is 0.333. The average molecular weight is 235 g/mol. The van der Waals surface area contributed by atoms with Gasteiger partial charge in [-0.3, -0.25) is 0 Å². The summed E-state index contributed by atoms with van der Waals surface area (Å²) >= 11 is 0. The number of rotatable bonds is 3. The topological polar surface area (TPSA) is 50.9 Å². The van der Waals surface area contributed by atoms with Crippen molar-refractivity contribution in [3.05, 3.63) is 41.5 Å². The molecule has 0 aliphatic carbocycles. The molecule has 0 saturated carbocycles. The van der Waals surface area contributed by atoms with E-state index in [-0.39, 0.29) is 5.82 Å². The molecule has 1 aromatic carbocycles. The van der Waals surface area contributed by atoms with Crippen LogP contribution in [0.5, 0.6) is 0 Å². The lowest BCUT2D eigenvalue weighted by Gasteiger charge is -2.02. The van der Waals surface area contributed by atoms with Crippen LogP contribution >= 0.6 is 0 Å². The maximum absolute atomic E-state index is 13.4. The molecule has 1 heterocycles. The van der Waals surface area contributed by atoms with Crippen molar-refractivity contribution in [3.8, 4) is 5.69 Å². The second-order valence-electron chi connectivity index (χ2n) is 4.14. The Labute approximate surface area is 98.7 Å². The van der Waals surface area contributed by atoms with Crippen LogP contribution in [0.4, 0.5) is 4.39 Å². The van der Waals surface area contributed by atoms with Gasteiger partial charge < -0.3 is 5.11 Å². The van der Waals surface area contributed by atoms with Crippen LogP contribution in [0, 0.1) is 12.7 Å². The van der Waals surface area contributed by atoms with Crippen molar-refractivity contribution < 1.29 is 9.50 Å². The van der Waals surface area contributed by atoms with E-state index in [0.29, 0.717) is 23.4 Å². The molecular weight excluding hydrogens is 221 g/mol. The Morgan fingerprint density at radius 1 is 1.47 bits per heavy atom. The minimum Gasteiger partial charge on any atom is -0.393 e. The molecular formula is C12H14FN3O. The van der Waals surface area contributed by atoms with Crippen LogP contribution in [0.2, 0.25) is 0 Å². The molecule has 0 aliphatic heterocycles. The molecule has 2 aromatic rings. The van der Waals surface area contributed by atoms with Gasteiger partial charge in [0.05, 0.1) is 23.7 Å². The van der Waals surface area contributed by atoms with E-state index >= 15 is 0 Å². The molecule has 1 N–H and O–H groups in total. The second-order valence-corrected chi connectivity index (χ2v) is 4.14. The van der Waals surface area contributed by atoms with Crippen molar-refractivity contribution in [3.63, 3.8) is 0 Å². The Kier molecular flexibility index (Phi) is 3.19. The van der Waals surface area contributed by atoms with Gasteiger partial charge in [0.1, 0.15) is 5.82 Å². The SMILES string of the molecule is Cc1ccc(-n2cc(CC(C)O)nn2)cc1F. The van der Waals surface area contributed by atoms with Crippen LogP contribution in [-0.2, 0) is 6.42 Å². The fourth-order valence-corrected chi connectivity index (χ4v) is 1.55. The van der Waals surface area contributed by atoms with E-state index in [1.54, 1.807) is 32.2 Å². The zero-order valence-corrected chi connectivity index (χ0v) is 9.76. The van der Waals surface area contributed by atoms with Crippen molar-refractivity contribution in [2.24, 2.45) is 0 Å². The lowest BCUT2D eigenvalue weighted by molar-refractivity contribution is 0.194. The summed E-state index contributed by atoms with van der Waals surface area (Å²) in [6, 6.07) is 4.89. The highest BCUT2D eigenvalue weighted by atomic mass is 19.1. The third-order valence-electron chi connectivity index (χ3n) is 2.47. The van der Waals surface area contributed by atoms with Crippen molar-refractivity contribution >= 4 is 0 Å². The van der Waals surface area contributed by atoms with Crippen molar-refractivity contribution in [1.82, 2.24) is 15.0 Å². The van der Waals surface area contributed by atoms with Crippen molar-refractivity contribution in [2.45, 2.75) is 26.4 Å². The van der Waals surface area contributed by atoms with Crippen molar-refractivity contribution in [2.75, 3.05) is 0 Å². The number of halogens is 1. The lowest BCUT2D eigenvalue weighted by atomic mass is 10.2. The summed E-state index contributed by atoms with van der Waals surface area (Å²) in [4.78, 5) is 0. The van der Waals surface area contributed by atoms with E-state index < -0.39 is 6.10 Å². The van der Waals surface area contributed by atoms with Crippen LogP contribution in [0.1, 0.15) is 18.2 Å². The molecule has 0 aliphatic rings. The maximum Gasteiger partial charge on any atom is 0.128 e. The molecule has 0 bridgehead atoms. The summed E-state index contributed by atoms with van der Waals surface area (Å²) in [7, 11) is 0. The molecule has 1 atom stereocenters. The molecule has 0 saturated heterocycles. The molecule has 4 nitrogen and oxygen atoms in total. The lowest BCUT2D eigenvalue weighted by Crippen LogP contribution is -2.04. The normalized spacial score (nSPS) is 12.7. The van der Waals surface area contributed by atoms with Gasteiger partial charge in [0.2, 0.25) is 0 Å². The van der Waals surface area contributed by atoms with E-state index in [0.717, 1.165) is 0 Å². The summed E-state index contributed by atoms with van der Waals surface area (Å²) in [6.07, 6.45) is 1.67. The average Bonchev–Trinajstić information content (AvgIpc) is 2.69. The van der Waals surface area contributed by atoms with Gasteiger partial charge in [0.15, 0.2) is 0 Å². The zero-order valence-electron chi connectivity index (χ0n) is 9.76. The Bertz CT molecular complexity index is 522. The summed E-state index contributed by atoms with van der Waals surface area (Å²) in [5.41, 5.74) is 1.90. The zero-order chi connectivity index (χ0) is 12.4. The Morgan fingerprint density at radius 3 is 2.88 bits per heavy atom. The molecule has 2 rings (SSSR count). The van der Waals surface area contributed by atoms with Crippen LogP contribution < -0.4 is 0 Å².